The Kier molecular flexibility index (Phi) is 17.5. The number of rotatable bonds is 11. The second-order valence-corrected chi connectivity index (χ2v) is 26.3. The predicted octanol–water partition coefficient (Wildman–Crippen LogP) is 5.54. The van der Waals surface area contributed by atoms with E-state index in [1.807, 2.05) is 41.5 Å². The number of nitrogens with one attached hydrogen (secondary N) is 1. The molecule has 3 rings (SSSR count). The van der Waals surface area contributed by atoms with Crippen LogP contribution < -0.4 is 11.1 Å². The molecule has 2 heterocycles. The van der Waals surface area contributed by atoms with Crippen molar-refractivity contribution in [1.29, 1.82) is 0 Å². The number of aliphatic hydroxyl groups is 4. The van der Waals surface area contributed by atoms with Crippen LogP contribution in [0.5, 0.6) is 0 Å². The molecule has 0 aromatic heterocycles. The molecule has 14 heteroatoms. The van der Waals surface area contributed by atoms with Crippen molar-refractivity contribution in [3.05, 3.63) is 0 Å². The number of carbonyl (C=O) groups is 1. The van der Waals surface area contributed by atoms with Gasteiger partial charge < -0.3 is 50.4 Å². The Labute approximate surface area is 383 Å². The molecule has 14 nitrogen and oxygen atoms in total. The summed E-state index contributed by atoms with van der Waals surface area (Å²) < 4.78 is 27.6. The molecule has 2 saturated heterocycles. The molecule has 0 bridgehead atoms. The van der Waals surface area contributed by atoms with Crippen LogP contribution in [0, 0.1) is 5.41 Å². The zero-order valence-electron chi connectivity index (χ0n) is 43.9. The fraction of sp³-hybridized carbons (Fsp3) is 0.980. The summed E-state index contributed by atoms with van der Waals surface area (Å²) in [5.41, 5.74) is 1.64. The lowest BCUT2D eigenvalue weighted by atomic mass is 9.78. The van der Waals surface area contributed by atoms with Gasteiger partial charge in [-0.25, -0.2) is 0 Å². The summed E-state index contributed by atoms with van der Waals surface area (Å²) in [6.07, 6.45) is -6.65. The average Bonchev–Trinajstić information content (AvgIpc) is 3.03. The van der Waals surface area contributed by atoms with Crippen LogP contribution in [0.15, 0.2) is 0 Å². The van der Waals surface area contributed by atoms with E-state index in [1.165, 1.54) is 0 Å². The first-order chi connectivity index (χ1) is 28.1. The van der Waals surface area contributed by atoms with E-state index < -0.39 is 94.9 Å². The molecule has 0 spiro atoms. The van der Waals surface area contributed by atoms with Crippen LogP contribution in [0.25, 0.3) is 0 Å². The second kappa shape index (κ2) is 19.5. The van der Waals surface area contributed by atoms with E-state index in [0.717, 1.165) is 12.8 Å². The molecule has 7 N–H and O–H groups in total. The maximum atomic E-state index is 13.8. The average molecular weight is 900 g/mol. The highest BCUT2D eigenvalue weighted by molar-refractivity contribution is 5.80. The third-order valence-corrected chi connectivity index (χ3v) is 13.0. The van der Waals surface area contributed by atoms with Gasteiger partial charge in [-0.1, -0.05) is 20.8 Å². The second-order valence-electron chi connectivity index (χ2n) is 26.3. The van der Waals surface area contributed by atoms with Gasteiger partial charge in [-0.2, -0.15) is 0 Å². The zero-order chi connectivity index (χ0) is 49.0. The minimum atomic E-state index is -1.48. The Bertz CT molecular complexity index is 1440. The van der Waals surface area contributed by atoms with Crippen LogP contribution in [0.3, 0.4) is 0 Å². The third-order valence-electron chi connectivity index (χ3n) is 13.0. The quantitative estimate of drug-likeness (QED) is 0.152. The molecule has 1 unspecified atom stereocenters. The maximum absolute atomic E-state index is 13.8. The number of hydrogen-bond donors (Lipinski definition) is 6. The Morgan fingerprint density at radius 3 is 1.57 bits per heavy atom. The van der Waals surface area contributed by atoms with E-state index in [-0.39, 0.29) is 54.6 Å². The fourth-order valence-electron chi connectivity index (χ4n) is 11.9. The van der Waals surface area contributed by atoms with E-state index in [1.54, 1.807) is 6.92 Å². The van der Waals surface area contributed by atoms with Gasteiger partial charge in [0, 0.05) is 39.3 Å². The number of ether oxygens (including phenoxy) is 4. The van der Waals surface area contributed by atoms with E-state index in [4.69, 9.17) is 24.7 Å². The summed E-state index contributed by atoms with van der Waals surface area (Å²) in [7, 11) is 0. The number of nitrogens with two attached hydrogens (primary N) is 1. The van der Waals surface area contributed by atoms with Gasteiger partial charge >= 0.3 is 0 Å². The number of amides is 1. The van der Waals surface area contributed by atoms with Crippen LogP contribution in [-0.2, 0) is 23.7 Å². The lowest BCUT2D eigenvalue weighted by molar-refractivity contribution is -0.333. The van der Waals surface area contributed by atoms with Gasteiger partial charge in [0.05, 0.1) is 30.8 Å². The highest BCUT2D eigenvalue weighted by Gasteiger charge is 2.59. The molecule has 1 aliphatic carbocycles. The SMILES string of the molecule is CC(C)(C)C1CC[C@@H](N(C(C)(C)C)C(C)(C)C)[C@@H](O[C@H]2[C@H](O)[C@@H](O[C@H]3OC[C@](C)(O)[C@H](N(C(C)(C)C)C(C)(C)C)[C@H]3O)[C@H](NC(=O)[C@@H](O)CCN)C[C@@H]2N(C(C)(C)C)C(C)(C)C)O1. The standard InChI is InChI=1S/C49H97N5O9/c1-42(2,3)33-24-23-30(52(43(4,5)6)44(7,8)9)40(61-33)63-37-31(53(45(10,11)12)46(13,14)15)27-29(51-39(58)32(55)25-26-50)36(34(37)56)62-41-35(57)38(49(22,59)28-60-41)54(47(16,17)18)48(19,20)21/h29-38,40-41,55-57,59H,23-28,50H2,1-22H3,(H,51,58)/t29-,30-,31+,32+,33?,34-,35-,36+,37-,38-,40-,41-,49+/m1/s1. The first-order valence-electron chi connectivity index (χ1n) is 23.8. The highest BCUT2D eigenvalue weighted by Crippen LogP contribution is 2.44. The van der Waals surface area contributed by atoms with Crippen LogP contribution in [-0.4, -0.2) is 166 Å². The van der Waals surface area contributed by atoms with Gasteiger partial charge in [-0.3, -0.25) is 19.5 Å². The summed E-state index contributed by atoms with van der Waals surface area (Å²) in [4.78, 5) is 20.7. The normalized spacial score (nSPS) is 34.2. The first-order valence-corrected chi connectivity index (χ1v) is 23.8. The minimum Gasteiger partial charge on any atom is -0.388 e. The van der Waals surface area contributed by atoms with Gasteiger partial charge in [0.1, 0.15) is 36.1 Å². The van der Waals surface area contributed by atoms with Crippen molar-refractivity contribution in [2.24, 2.45) is 11.1 Å². The van der Waals surface area contributed by atoms with Gasteiger partial charge in [0.25, 0.3) is 0 Å². The third kappa shape index (κ3) is 13.6. The van der Waals surface area contributed by atoms with Crippen molar-refractivity contribution in [2.45, 2.75) is 290 Å². The molecule has 3 aliphatic rings. The molecule has 0 radical (unpaired) electrons. The minimum absolute atomic E-state index is 0.0436. The Hall–Kier alpha value is -1.01. The van der Waals surface area contributed by atoms with Gasteiger partial charge in [-0.15, -0.1) is 0 Å². The van der Waals surface area contributed by atoms with Gasteiger partial charge in [0.2, 0.25) is 5.91 Å². The summed E-state index contributed by atoms with van der Waals surface area (Å²) >= 11 is 0. The number of aliphatic hydroxyl groups excluding tert-OH is 3. The van der Waals surface area contributed by atoms with Crippen molar-refractivity contribution >= 4 is 5.91 Å². The van der Waals surface area contributed by atoms with E-state index >= 15 is 0 Å². The first kappa shape index (κ1) is 56.3. The van der Waals surface area contributed by atoms with Crippen molar-refractivity contribution in [1.82, 2.24) is 20.0 Å². The summed E-state index contributed by atoms with van der Waals surface area (Å²) in [6, 6.07) is -2.44. The topological polar surface area (TPSA) is 183 Å². The van der Waals surface area contributed by atoms with Crippen LogP contribution >= 0.6 is 0 Å². The van der Waals surface area contributed by atoms with Gasteiger partial charge in [0.15, 0.2) is 12.6 Å². The smallest absolute Gasteiger partial charge is 0.249 e. The molecule has 2 aliphatic heterocycles. The van der Waals surface area contributed by atoms with Crippen LogP contribution in [0.1, 0.15) is 178 Å². The summed E-state index contributed by atoms with van der Waals surface area (Å²) in [6.45, 7) is 46.4. The van der Waals surface area contributed by atoms with E-state index in [2.05, 4.69) is 124 Å². The molecule has 1 saturated carbocycles. The van der Waals surface area contributed by atoms with Crippen molar-refractivity contribution in [2.75, 3.05) is 13.2 Å². The fourth-order valence-corrected chi connectivity index (χ4v) is 11.9. The lowest BCUT2D eigenvalue weighted by Gasteiger charge is -2.59. The largest absolute Gasteiger partial charge is 0.388 e. The molecule has 1 amide bonds. The number of carbonyl (C=O) groups excluding carboxylic acids is 1. The Morgan fingerprint density at radius 1 is 0.698 bits per heavy atom. The lowest BCUT2D eigenvalue weighted by Crippen LogP contribution is -2.75. The van der Waals surface area contributed by atoms with Crippen molar-refractivity contribution < 1.29 is 44.2 Å². The molecule has 63 heavy (non-hydrogen) atoms. The molecule has 0 aromatic rings. The van der Waals surface area contributed by atoms with Crippen LogP contribution in [0.4, 0.5) is 0 Å². The maximum Gasteiger partial charge on any atom is 0.249 e. The Balaban J connectivity index is 2.33. The molecular formula is C49H97N5O9. The molecule has 0 aromatic carbocycles. The van der Waals surface area contributed by atoms with Crippen molar-refractivity contribution in [3.63, 3.8) is 0 Å². The van der Waals surface area contributed by atoms with E-state index in [9.17, 15) is 25.2 Å². The van der Waals surface area contributed by atoms with E-state index in [0.29, 0.717) is 0 Å². The van der Waals surface area contributed by atoms with Gasteiger partial charge in [-0.05, 0) is 169 Å². The van der Waals surface area contributed by atoms with Crippen LogP contribution in [0.2, 0.25) is 0 Å². The Morgan fingerprint density at radius 2 is 1.14 bits per heavy atom. The van der Waals surface area contributed by atoms with Crippen molar-refractivity contribution in [3.8, 4) is 0 Å². The molecule has 3 fully saturated rings. The monoisotopic (exact) mass is 900 g/mol. The highest BCUT2D eigenvalue weighted by atomic mass is 16.7. The summed E-state index contributed by atoms with van der Waals surface area (Å²) in [5, 5.41) is 51.5. The summed E-state index contributed by atoms with van der Waals surface area (Å²) in [5.74, 6) is -0.644. The predicted molar refractivity (Wildman–Crippen MR) is 251 cm³/mol. The zero-order valence-corrected chi connectivity index (χ0v) is 43.9. The molecular weight excluding hydrogens is 803 g/mol. The number of nitrogens with zero attached hydrogens (tertiary/aromatic N) is 3. The molecule has 13 atom stereocenters. The molecule has 372 valence electrons. The number of hydrogen-bond acceptors (Lipinski definition) is 13.